The molecule has 3 N–H and O–H groups in total. The molecule has 4 aliphatic rings. The van der Waals surface area contributed by atoms with Crippen LogP contribution in [0.2, 0.25) is 0 Å². The lowest BCUT2D eigenvalue weighted by atomic mass is 9.55. The Morgan fingerprint density at radius 3 is 2.36 bits per heavy atom. The van der Waals surface area contributed by atoms with Crippen LogP contribution < -0.4 is 16.0 Å². The summed E-state index contributed by atoms with van der Waals surface area (Å²) in [5.74, 6) is 0. The maximum atomic E-state index is 3.87. The first-order valence-corrected chi connectivity index (χ1v) is 9.43. The standard InChI is InChI=1S/C21H24N4/c1-25-13-11-21(15-7-3-5-9-17(15)24-19(21)25)20-10-12-22-18(20)23-16-8-4-2-6-14(16)20/h2-9,18-19,22-24H,10-13H2,1H3/t18?,19?,20-,21-/m1/s1. The number of rotatable bonds is 1. The van der Waals surface area contributed by atoms with E-state index >= 15 is 0 Å². The summed E-state index contributed by atoms with van der Waals surface area (Å²) in [4.78, 5) is 2.52. The molecular weight excluding hydrogens is 308 g/mol. The molecule has 4 atom stereocenters. The molecule has 4 heterocycles. The number of likely N-dealkylation sites (tertiary alicyclic amines) is 1. The lowest BCUT2D eigenvalue weighted by Gasteiger charge is -2.47. The highest BCUT2D eigenvalue weighted by Crippen LogP contribution is 2.64. The minimum atomic E-state index is 0.0959. The van der Waals surface area contributed by atoms with Crippen LogP contribution in [0.3, 0.4) is 0 Å². The molecule has 128 valence electrons. The molecule has 4 nitrogen and oxygen atoms in total. The molecule has 0 radical (unpaired) electrons. The van der Waals surface area contributed by atoms with Gasteiger partial charge in [0.25, 0.3) is 0 Å². The summed E-state index contributed by atoms with van der Waals surface area (Å²) in [5.41, 5.74) is 5.85. The second-order valence-corrected chi connectivity index (χ2v) is 8.09. The van der Waals surface area contributed by atoms with Crippen LogP contribution in [0.4, 0.5) is 11.4 Å². The average Bonchev–Trinajstić information content (AvgIpc) is 3.34. The lowest BCUT2D eigenvalue weighted by molar-refractivity contribution is 0.170. The summed E-state index contributed by atoms with van der Waals surface area (Å²) in [7, 11) is 2.27. The minimum absolute atomic E-state index is 0.0959. The number of nitrogens with zero attached hydrogens (tertiary/aromatic N) is 1. The summed E-state index contributed by atoms with van der Waals surface area (Å²) >= 11 is 0. The number of hydrogen-bond donors (Lipinski definition) is 3. The van der Waals surface area contributed by atoms with Crippen molar-refractivity contribution in [1.82, 2.24) is 10.2 Å². The van der Waals surface area contributed by atoms with Crippen molar-refractivity contribution in [3.8, 4) is 0 Å². The average molecular weight is 332 g/mol. The van der Waals surface area contributed by atoms with Crippen LogP contribution in [0.25, 0.3) is 0 Å². The second-order valence-electron chi connectivity index (χ2n) is 8.09. The van der Waals surface area contributed by atoms with Gasteiger partial charge in [-0.15, -0.1) is 0 Å². The van der Waals surface area contributed by atoms with E-state index in [4.69, 9.17) is 0 Å². The largest absolute Gasteiger partial charge is 0.369 e. The summed E-state index contributed by atoms with van der Waals surface area (Å²) in [6, 6.07) is 18.0. The molecule has 4 aliphatic heterocycles. The number of benzene rings is 2. The van der Waals surface area contributed by atoms with Crippen LogP contribution in [0.5, 0.6) is 0 Å². The molecular formula is C21H24N4. The van der Waals surface area contributed by atoms with Crippen molar-refractivity contribution in [2.45, 2.75) is 36.0 Å². The van der Waals surface area contributed by atoms with Gasteiger partial charge in [0.15, 0.2) is 0 Å². The number of nitrogens with one attached hydrogen (secondary N) is 3. The van der Waals surface area contributed by atoms with Crippen LogP contribution in [0.1, 0.15) is 24.0 Å². The van der Waals surface area contributed by atoms with Crippen molar-refractivity contribution in [1.29, 1.82) is 0 Å². The van der Waals surface area contributed by atoms with Gasteiger partial charge < -0.3 is 10.6 Å². The van der Waals surface area contributed by atoms with Crippen molar-refractivity contribution < 1.29 is 0 Å². The van der Waals surface area contributed by atoms with Gasteiger partial charge in [0, 0.05) is 28.7 Å². The lowest BCUT2D eigenvalue weighted by Crippen LogP contribution is -2.59. The summed E-state index contributed by atoms with van der Waals surface area (Å²) in [6.07, 6.45) is 3.06. The Morgan fingerprint density at radius 1 is 0.880 bits per heavy atom. The molecule has 0 aromatic heterocycles. The van der Waals surface area contributed by atoms with Gasteiger partial charge in [-0.25, -0.2) is 0 Å². The van der Waals surface area contributed by atoms with Crippen LogP contribution >= 0.6 is 0 Å². The maximum absolute atomic E-state index is 3.87. The van der Waals surface area contributed by atoms with Crippen LogP contribution in [0, 0.1) is 0 Å². The fraction of sp³-hybridized carbons (Fsp3) is 0.429. The quantitative estimate of drug-likeness (QED) is 0.751. The third-order valence-electron chi connectivity index (χ3n) is 7.33. The topological polar surface area (TPSA) is 39.3 Å². The predicted molar refractivity (Wildman–Crippen MR) is 101 cm³/mol. The zero-order chi connectivity index (χ0) is 16.6. The molecule has 25 heavy (non-hydrogen) atoms. The number of likely N-dealkylation sites (N-methyl/N-ethyl adjacent to an activating group) is 1. The molecule has 0 aliphatic carbocycles. The van der Waals surface area contributed by atoms with E-state index in [1.807, 2.05) is 0 Å². The monoisotopic (exact) mass is 332 g/mol. The van der Waals surface area contributed by atoms with Crippen molar-refractivity contribution in [3.05, 3.63) is 59.7 Å². The fourth-order valence-electron chi connectivity index (χ4n) is 6.43. The van der Waals surface area contributed by atoms with Crippen LogP contribution in [-0.4, -0.2) is 37.4 Å². The van der Waals surface area contributed by atoms with Crippen molar-refractivity contribution in [2.75, 3.05) is 30.8 Å². The van der Waals surface area contributed by atoms with Gasteiger partial charge in [-0.2, -0.15) is 0 Å². The Bertz CT molecular complexity index is 864. The Balaban J connectivity index is 1.67. The first-order valence-electron chi connectivity index (χ1n) is 9.43. The second kappa shape index (κ2) is 4.57. The van der Waals surface area contributed by atoms with E-state index in [1.54, 1.807) is 0 Å². The van der Waals surface area contributed by atoms with Crippen molar-refractivity contribution in [3.63, 3.8) is 0 Å². The molecule has 6 rings (SSSR count). The number of hydrogen-bond acceptors (Lipinski definition) is 4. The number of fused-ring (bicyclic) bond motifs is 7. The third kappa shape index (κ3) is 1.44. The van der Waals surface area contributed by atoms with Gasteiger partial charge in [0.05, 0.1) is 12.3 Å². The number of anilines is 2. The van der Waals surface area contributed by atoms with Crippen molar-refractivity contribution >= 4 is 11.4 Å². The fourth-order valence-corrected chi connectivity index (χ4v) is 6.43. The van der Waals surface area contributed by atoms with Gasteiger partial charge >= 0.3 is 0 Å². The Kier molecular flexibility index (Phi) is 2.59. The zero-order valence-corrected chi connectivity index (χ0v) is 14.5. The third-order valence-corrected chi connectivity index (χ3v) is 7.33. The van der Waals surface area contributed by atoms with E-state index in [0.717, 1.165) is 13.1 Å². The first kappa shape index (κ1) is 14.2. The van der Waals surface area contributed by atoms with E-state index in [1.165, 1.54) is 35.3 Å². The molecule has 0 amide bonds. The molecule has 0 bridgehead atoms. The summed E-state index contributed by atoms with van der Waals surface area (Å²) < 4.78 is 0. The smallest absolute Gasteiger partial charge is 0.0901 e. The normalized spacial score (nSPS) is 37.8. The Morgan fingerprint density at radius 2 is 1.56 bits per heavy atom. The summed E-state index contributed by atoms with van der Waals surface area (Å²) in [5, 5.41) is 11.5. The highest BCUT2D eigenvalue weighted by Gasteiger charge is 2.70. The SMILES string of the molecule is CN1CC[C@@]2([C@@]34CCNC3Nc3ccccc34)c3ccccc3NC12. The van der Waals surface area contributed by atoms with E-state index in [2.05, 4.69) is 76.4 Å². The number of para-hydroxylation sites is 2. The molecule has 2 unspecified atom stereocenters. The Labute approximate surface area is 148 Å². The van der Waals surface area contributed by atoms with E-state index < -0.39 is 0 Å². The van der Waals surface area contributed by atoms with E-state index in [-0.39, 0.29) is 10.8 Å². The van der Waals surface area contributed by atoms with Crippen LogP contribution in [0.15, 0.2) is 48.5 Å². The molecule has 2 aromatic rings. The predicted octanol–water partition coefficient (Wildman–Crippen LogP) is 2.69. The first-order chi connectivity index (χ1) is 12.3. The molecule has 0 spiro atoms. The highest BCUT2D eigenvalue weighted by atomic mass is 15.3. The Hall–Kier alpha value is -2.04. The molecule has 4 heteroatoms. The summed E-state index contributed by atoms with van der Waals surface area (Å²) in [6.45, 7) is 2.22. The van der Waals surface area contributed by atoms with Crippen LogP contribution in [-0.2, 0) is 10.8 Å². The molecule has 2 saturated heterocycles. The molecule has 0 saturated carbocycles. The van der Waals surface area contributed by atoms with Gasteiger partial charge in [-0.05, 0) is 49.7 Å². The highest BCUT2D eigenvalue weighted by molar-refractivity contribution is 5.72. The minimum Gasteiger partial charge on any atom is -0.369 e. The zero-order valence-electron chi connectivity index (χ0n) is 14.5. The van der Waals surface area contributed by atoms with E-state index in [9.17, 15) is 0 Å². The van der Waals surface area contributed by atoms with E-state index in [0.29, 0.717) is 12.3 Å². The molecule has 2 aromatic carbocycles. The van der Waals surface area contributed by atoms with Gasteiger partial charge in [-0.3, -0.25) is 10.2 Å². The van der Waals surface area contributed by atoms with Crippen molar-refractivity contribution in [2.24, 2.45) is 0 Å². The maximum Gasteiger partial charge on any atom is 0.0901 e. The molecule has 2 fully saturated rings. The van der Waals surface area contributed by atoms with Gasteiger partial charge in [0.2, 0.25) is 0 Å². The van der Waals surface area contributed by atoms with Gasteiger partial charge in [0.1, 0.15) is 0 Å². The van der Waals surface area contributed by atoms with Gasteiger partial charge in [-0.1, -0.05) is 36.4 Å².